The Morgan fingerprint density at radius 1 is 1.19 bits per heavy atom. The van der Waals surface area contributed by atoms with Crippen molar-refractivity contribution in [2.45, 2.75) is 18.9 Å². The van der Waals surface area contributed by atoms with Gasteiger partial charge in [-0.25, -0.2) is 4.39 Å². The summed E-state index contributed by atoms with van der Waals surface area (Å²) in [5, 5.41) is 10.8. The first kappa shape index (κ1) is 14.7. The molecule has 0 bridgehead atoms. The topological polar surface area (TPSA) is 46.2 Å². The SMILES string of the molecule is NCC1(C(O)c2ccc(Br)c(F)c2)Cc2ccccc2C1. The van der Waals surface area contributed by atoms with Gasteiger partial charge in [-0.05, 0) is 57.6 Å². The van der Waals surface area contributed by atoms with Gasteiger partial charge in [0.05, 0.1) is 10.6 Å². The van der Waals surface area contributed by atoms with Gasteiger partial charge in [-0.1, -0.05) is 30.3 Å². The Labute approximate surface area is 131 Å². The molecule has 2 aromatic rings. The van der Waals surface area contributed by atoms with Crippen LogP contribution in [-0.2, 0) is 12.8 Å². The van der Waals surface area contributed by atoms with E-state index in [1.165, 1.54) is 17.2 Å². The molecule has 3 rings (SSSR count). The molecule has 0 aliphatic heterocycles. The highest BCUT2D eigenvalue weighted by molar-refractivity contribution is 9.10. The number of hydrogen-bond acceptors (Lipinski definition) is 2. The minimum absolute atomic E-state index is 0.362. The number of aliphatic hydroxyl groups is 1. The van der Waals surface area contributed by atoms with Gasteiger partial charge in [0.25, 0.3) is 0 Å². The number of rotatable bonds is 3. The minimum Gasteiger partial charge on any atom is -0.388 e. The summed E-state index contributed by atoms with van der Waals surface area (Å²) in [6.45, 7) is 0.362. The van der Waals surface area contributed by atoms with E-state index >= 15 is 0 Å². The van der Waals surface area contributed by atoms with Crippen LogP contribution in [0.5, 0.6) is 0 Å². The van der Waals surface area contributed by atoms with Gasteiger partial charge in [-0.15, -0.1) is 0 Å². The molecule has 0 saturated carbocycles. The predicted molar refractivity (Wildman–Crippen MR) is 84.4 cm³/mol. The second-order valence-electron chi connectivity index (χ2n) is 5.76. The van der Waals surface area contributed by atoms with E-state index in [4.69, 9.17) is 5.73 Å². The number of nitrogens with two attached hydrogens (primary N) is 1. The predicted octanol–water partition coefficient (Wildman–Crippen LogP) is 3.37. The zero-order valence-electron chi connectivity index (χ0n) is 11.5. The Hall–Kier alpha value is -1.23. The van der Waals surface area contributed by atoms with E-state index in [0.29, 0.717) is 16.6 Å². The summed E-state index contributed by atoms with van der Waals surface area (Å²) in [7, 11) is 0. The molecule has 0 amide bonds. The Kier molecular flexibility index (Phi) is 3.86. The minimum atomic E-state index is -0.780. The van der Waals surface area contributed by atoms with Crippen LogP contribution in [0.1, 0.15) is 22.8 Å². The molecule has 1 aliphatic carbocycles. The van der Waals surface area contributed by atoms with E-state index in [1.807, 2.05) is 12.1 Å². The second-order valence-corrected chi connectivity index (χ2v) is 6.62. The molecule has 0 heterocycles. The lowest BCUT2D eigenvalue weighted by atomic mass is 9.76. The van der Waals surface area contributed by atoms with E-state index in [2.05, 4.69) is 28.1 Å². The summed E-state index contributed by atoms with van der Waals surface area (Å²) in [6, 6.07) is 12.9. The smallest absolute Gasteiger partial charge is 0.137 e. The molecular formula is C17H17BrFNO. The summed E-state index contributed by atoms with van der Waals surface area (Å²) >= 11 is 3.13. The molecule has 21 heavy (non-hydrogen) atoms. The molecule has 4 heteroatoms. The molecule has 110 valence electrons. The third-order valence-corrected chi connectivity index (χ3v) is 5.09. The van der Waals surface area contributed by atoms with Crippen LogP contribution in [0.25, 0.3) is 0 Å². The Balaban J connectivity index is 1.95. The van der Waals surface area contributed by atoms with Crippen LogP contribution in [0.2, 0.25) is 0 Å². The molecule has 3 N–H and O–H groups in total. The van der Waals surface area contributed by atoms with Crippen molar-refractivity contribution in [1.82, 2.24) is 0 Å². The van der Waals surface area contributed by atoms with Crippen molar-refractivity contribution in [3.05, 3.63) is 69.4 Å². The maximum absolute atomic E-state index is 13.7. The van der Waals surface area contributed by atoms with Crippen LogP contribution in [0.15, 0.2) is 46.9 Å². The second kappa shape index (κ2) is 5.52. The van der Waals surface area contributed by atoms with E-state index in [-0.39, 0.29) is 5.82 Å². The molecule has 0 saturated heterocycles. The van der Waals surface area contributed by atoms with Gasteiger partial charge >= 0.3 is 0 Å². The van der Waals surface area contributed by atoms with Crippen LogP contribution in [0, 0.1) is 11.2 Å². The van der Waals surface area contributed by atoms with Crippen molar-refractivity contribution in [2.75, 3.05) is 6.54 Å². The summed E-state index contributed by atoms with van der Waals surface area (Å²) in [5.74, 6) is -0.366. The molecule has 2 aromatic carbocycles. The molecule has 2 nitrogen and oxygen atoms in total. The average molecular weight is 350 g/mol. The third kappa shape index (κ3) is 2.52. The van der Waals surface area contributed by atoms with Crippen LogP contribution in [0.3, 0.4) is 0 Å². The zero-order valence-corrected chi connectivity index (χ0v) is 13.1. The number of halogens is 2. The quantitative estimate of drug-likeness (QED) is 0.892. The van der Waals surface area contributed by atoms with Gasteiger partial charge in [0.1, 0.15) is 5.82 Å². The van der Waals surface area contributed by atoms with Crippen molar-refractivity contribution in [3.63, 3.8) is 0 Å². The Bertz CT molecular complexity index is 649. The van der Waals surface area contributed by atoms with Gasteiger partial charge in [-0.3, -0.25) is 0 Å². The molecule has 0 radical (unpaired) electrons. The van der Waals surface area contributed by atoms with Gasteiger partial charge in [-0.2, -0.15) is 0 Å². The first-order valence-corrected chi connectivity index (χ1v) is 7.75. The lowest BCUT2D eigenvalue weighted by Crippen LogP contribution is -2.37. The Morgan fingerprint density at radius 2 is 1.81 bits per heavy atom. The highest BCUT2D eigenvalue weighted by Crippen LogP contribution is 2.45. The molecule has 1 unspecified atom stereocenters. The maximum Gasteiger partial charge on any atom is 0.137 e. The monoisotopic (exact) mass is 349 g/mol. The molecule has 0 spiro atoms. The molecular weight excluding hydrogens is 333 g/mol. The van der Waals surface area contributed by atoms with Crippen molar-refractivity contribution in [3.8, 4) is 0 Å². The van der Waals surface area contributed by atoms with E-state index < -0.39 is 11.5 Å². The summed E-state index contributed by atoms with van der Waals surface area (Å²) in [4.78, 5) is 0. The van der Waals surface area contributed by atoms with E-state index in [0.717, 1.165) is 12.8 Å². The van der Waals surface area contributed by atoms with Crippen molar-refractivity contribution < 1.29 is 9.50 Å². The largest absolute Gasteiger partial charge is 0.388 e. The van der Waals surface area contributed by atoms with Crippen LogP contribution in [0.4, 0.5) is 4.39 Å². The van der Waals surface area contributed by atoms with Gasteiger partial charge in [0.2, 0.25) is 0 Å². The lowest BCUT2D eigenvalue weighted by Gasteiger charge is -2.33. The maximum atomic E-state index is 13.7. The zero-order chi connectivity index (χ0) is 15.0. The Morgan fingerprint density at radius 3 is 2.33 bits per heavy atom. The average Bonchev–Trinajstić information content (AvgIpc) is 2.89. The third-order valence-electron chi connectivity index (χ3n) is 4.45. The summed E-state index contributed by atoms with van der Waals surface area (Å²) in [6.07, 6.45) is 0.661. The number of aliphatic hydroxyl groups excluding tert-OH is 1. The fraction of sp³-hybridized carbons (Fsp3) is 0.294. The first-order valence-electron chi connectivity index (χ1n) is 6.95. The fourth-order valence-corrected chi connectivity index (χ4v) is 3.46. The summed E-state index contributed by atoms with van der Waals surface area (Å²) in [5.41, 5.74) is 8.56. The normalized spacial score (nSPS) is 17.5. The highest BCUT2D eigenvalue weighted by atomic mass is 79.9. The van der Waals surface area contributed by atoms with E-state index in [1.54, 1.807) is 12.1 Å². The number of benzene rings is 2. The van der Waals surface area contributed by atoms with E-state index in [9.17, 15) is 9.50 Å². The van der Waals surface area contributed by atoms with Crippen LogP contribution in [-0.4, -0.2) is 11.7 Å². The van der Waals surface area contributed by atoms with Gasteiger partial charge in [0.15, 0.2) is 0 Å². The lowest BCUT2D eigenvalue weighted by molar-refractivity contribution is 0.0356. The molecule has 0 aromatic heterocycles. The van der Waals surface area contributed by atoms with Crippen LogP contribution < -0.4 is 5.73 Å². The fourth-order valence-electron chi connectivity index (χ4n) is 3.21. The highest BCUT2D eigenvalue weighted by Gasteiger charge is 2.42. The van der Waals surface area contributed by atoms with Gasteiger partial charge in [0, 0.05) is 12.0 Å². The van der Waals surface area contributed by atoms with Crippen molar-refractivity contribution in [2.24, 2.45) is 11.1 Å². The molecule has 1 atom stereocenters. The van der Waals surface area contributed by atoms with Crippen molar-refractivity contribution in [1.29, 1.82) is 0 Å². The standard InChI is InChI=1S/C17H17BrFNO/c18-14-6-5-11(7-15(14)19)16(21)17(10-20)8-12-3-1-2-4-13(12)9-17/h1-7,16,21H,8-10,20H2. The summed E-state index contributed by atoms with van der Waals surface area (Å²) < 4.78 is 14.1. The van der Waals surface area contributed by atoms with Crippen molar-refractivity contribution >= 4 is 15.9 Å². The number of fused-ring (bicyclic) bond motifs is 1. The number of hydrogen-bond donors (Lipinski definition) is 2. The molecule has 0 fully saturated rings. The van der Waals surface area contributed by atoms with Crippen LogP contribution >= 0.6 is 15.9 Å². The van der Waals surface area contributed by atoms with Gasteiger partial charge < -0.3 is 10.8 Å². The first-order chi connectivity index (χ1) is 10.1. The molecule has 1 aliphatic rings.